The van der Waals surface area contributed by atoms with Crippen molar-refractivity contribution in [1.82, 2.24) is 4.72 Å². The lowest BCUT2D eigenvalue weighted by Gasteiger charge is -2.30. The lowest BCUT2D eigenvalue weighted by Crippen LogP contribution is -2.43. The summed E-state index contributed by atoms with van der Waals surface area (Å²) < 4.78 is 27.9. The minimum Gasteiger partial charge on any atom is -0.477 e. The van der Waals surface area contributed by atoms with E-state index >= 15 is 0 Å². The van der Waals surface area contributed by atoms with Gasteiger partial charge in [-0.2, -0.15) is 11.8 Å². The molecule has 1 aromatic heterocycles. The van der Waals surface area contributed by atoms with Crippen LogP contribution in [-0.4, -0.2) is 37.0 Å². The van der Waals surface area contributed by atoms with Gasteiger partial charge in [-0.3, -0.25) is 0 Å². The summed E-state index contributed by atoms with van der Waals surface area (Å²) in [5, 5.41) is 11.0. The van der Waals surface area contributed by atoms with E-state index in [1.165, 1.54) is 0 Å². The number of nitrogens with one attached hydrogen (secondary N) is 1. The van der Waals surface area contributed by atoms with E-state index < -0.39 is 16.0 Å². The van der Waals surface area contributed by atoms with E-state index in [-0.39, 0.29) is 21.1 Å². The Hall–Kier alpha value is -0.570. The summed E-state index contributed by atoms with van der Waals surface area (Å²) in [4.78, 5) is 11.0. The highest BCUT2D eigenvalue weighted by molar-refractivity contribution is 7.99. The number of carbonyl (C=O) groups is 1. The van der Waals surface area contributed by atoms with E-state index in [0.717, 1.165) is 37.0 Å². The Morgan fingerprint density at radius 3 is 2.71 bits per heavy atom. The summed E-state index contributed by atoms with van der Waals surface area (Å²) >= 11 is 2.62. The largest absolute Gasteiger partial charge is 0.477 e. The summed E-state index contributed by atoms with van der Waals surface area (Å²) in [6.07, 6.45) is 5.88. The second-order valence-electron chi connectivity index (χ2n) is 5.17. The normalized spacial score (nSPS) is 23.1. The molecule has 0 aromatic carbocycles. The summed E-state index contributed by atoms with van der Waals surface area (Å²) in [5.74, 6) is -1.20. The maximum Gasteiger partial charge on any atom is 0.347 e. The van der Waals surface area contributed by atoms with Crippen LogP contribution in [0, 0.1) is 6.92 Å². The monoisotopic (exact) mass is 349 g/mol. The molecule has 0 spiro atoms. The Morgan fingerprint density at radius 1 is 1.43 bits per heavy atom. The van der Waals surface area contributed by atoms with Gasteiger partial charge in [-0.15, -0.1) is 11.3 Å². The molecule has 2 N–H and O–H groups in total. The number of aryl methyl sites for hydroxylation is 1. The SMILES string of the molecule is CSC1CCCCC1NS(=O)(=O)c1c(C)csc1C(=O)O. The average Bonchev–Trinajstić information content (AvgIpc) is 2.82. The molecule has 1 aliphatic carbocycles. The zero-order valence-corrected chi connectivity index (χ0v) is 14.4. The predicted octanol–water partition coefficient (Wildman–Crippen LogP) is 2.71. The van der Waals surface area contributed by atoms with Gasteiger partial charge in [0.05, 0.1) is 0 Å². The van der Waals surface area contributed by atoms with Crippen molar-refractivity contribution in [1.29, 1.82) is 0 Å². The number of hydrogen-bond acceptors (Lipinski definition) is 5. The topological polar surface area (TPSA) is 83.5 Å². The number of thioether (sulfide) groups is 1. The summed E-state index contributed by atoms with van der Waals surface area (Å²) in [5.41, 5.74) is 0.487. The Balaban J connectivity index is 2.30. The first-order valence-electron chi connectivity index (χ1n) is 6.73. The van der Waals surface area contributed by atoms with Gasteiger partial charge in [0.15, 0.2) is 0 Å². The molecule has 0 saturated heterocycles. The van der Waals surface area contributed by atoms with Crippen molar-refractivity contribution in [2.24, 2.45) is 0 Å². The number of carboxylic acid groups (broad SMARTS) is 1. The summed E-state index contributed by atoms with van der Waals surface area (Å²) in [6, 6.07) is -0.125. The van der Waals surface area contributed by atoms with Gasteiger partial charge in [0, 0.05) is 11.3 Å². The molecule has 2 atom stereocenters. The van der Waals surface area contributed by atoms with Gasteiger partial charge in [0.25, 0.3) is 0 Å². The molecule has 2 unspecified atom stereocenters. The second kappa shape index (κ2) is 6.68. The fourth-order valence-electron chi connectivity index (χ4n) is 2.69. The highest BCUT2D eigenvalue weighted by atomic mass is 32.2. The maximum absolute atomic E-state index is 12.6. The van der Waals surface area contributed by atoms with Crippen LogP contribution in [0.5, 0.6) is 0 Å². The molecule has 1 aromatic rings. The van der Waals surface area contributed by atoms with Crippen molar-refractivity contribution in [3.05, 3.63) is 15.8 Å². The molecule has 0 bridgehead atoms. The van der Waals surface area contributed by atoms with Crippen molar-refractivity contribution in [2.75, 3.05) is 6.26 Å². The van der Waals surface area contributed by atoms with Gasteiger partial charge in [0.1, 0.15) is 9.77 Å². The quantitative estimate of drug-likeness (QED) is 0.854. The number of aromatic carboxylic acids is 1. The maximum atomic E-state index is 12.6. The van der Waals surface area contributed by atoms with Crippen LogP contribution in [0.25, 0.3) is 0 Å². The van der Waals surface area contributed by atoms with Crippen LogP contribution in [0.1, 0.15) is 40.9 Å². The molecule has 1 fully saturated rings. The van der Waals surface area contributed by atoms with Gasteiger partial charge in [0.2, 0.25) is 10.0 Å². The predicted molar refractivity (Wildman–Crippen MR) is 85.9 cm³/mol. The van der Waals surface area contributed by atoms with Crippen molar-refractivity contribution < 1.29 is 18.3 Å². The molecule has 0 aliphatic heterocycles. The Morgan fingerprint density at radius 2 is 2.10 bits per heavy atom. The van der Waals surface area contributed by atoms with E-state index in [2.05, 4.69) is 4.72 Å². The van der Waals surface area contributed by atoms with Crippen molar-refractivity contribution in [2.45, 2.75) is 48.8 Å². The Labute approximate surface area is 133 Å². The number of carboxylic acids is 1. The third-order valence-corrected chi connectivity index (χ3v) is 7.75. The fourth-order valence-corrected chi connectivity index (χ4v) is 6.65. The molecular weight excluding hydrogens is 330 g/mol. The lowest BCUT2D eigenvalue weighted by molar-refractivity contribution is 0.0698. The van der Waals surface area contributed by atoms with Crippen LogP contribution in [0.3, 0.4) is 0 Å². The van der Waals surface area contributed by atoms with Crippen LogP contribution >= 0.6 is 23.1 Å². The van der Waals surface area contributed by atoms with Crippen molar-refractivity contribution in [3.8, 4) is 0 Å². The molecule has 2 rings (SSSR count). The highest BCUT2D eigenvalue weighted by Crippen LogP contribution is 2.31. The number of rotatable bonds is 5. The minimum atomic E-state index is -3.80. The van der Waals surface area contributed by atoms with Crippen LogP contribution in [-0.2, 0) is 10.0 Å². The fraction of sp³-hybridized carbons (Fsp3) is 0.615. The van der Waals surface area contributed by atoms with E-state index in [4.69, 9.17) is 5.11 Å². The van der Waals surface area contributed by atoms with E-state index in [9.17, 15) is 13.2 Å². The third-order valence-electron chi connectivity index (χ3n) is 3.69. The first-order valence-corrected chi connectivity index (χ1v) is 10.4. The molecule has 1 aliphatic rings. The van der Waals surface area contributed by atoms with Crippen LogP contribution in [0.15, 0.2) is 10.3 Å². The smallest absolute Gasteiger partial charge is 0.347 e. The first kappa shape index (κ1) is 16.8. The first-order chi connectivity index (χ1) is 9.86. The lowest BCUT2D eigenvalue weighted by atomic mass is 9.96. The zero-order chi connectivity index (χ0) is 15.6. The highest BCUT2D eigenvalue weighted by Gasteiger charge is 2.32. The number of thiophene rings is 1. The Bertz CT molecular complexity index is 623. The van der Waals surface area contributed by atoms with Crippen LogP contribution < -0.4 is 4.72 Å². The Kier molecular flexibility index (Phi) is 5.34. The standard InChI is InChI=1S/C13H19NO4S3/c1-8-7-20-11(13(15)16)12(8)21(17,18)14-9-5-3-4-6-10(9)19-2/h7,9-10,14H,3-6H2,1-2H3,(H,15,16). The third kappa shape index (κ3) is 3.61. The molecule has 0 amide bonds. The molecule has 118 valence electrons. The molecule has 1 saturated carbocycles. The molecule has 0 radical (unpaired) electrons. The van der Waals surface area contributed by atoms with Gasteiger partial charge in [-0.25, -0.2) is 17.9 Å². The zero-order valence-electron chi connectivity index (χ0n) is 12.0. The van der Waals surface area contributed by atoms with Crippen LogP contribution in [0.4, 0.5) is 0 Å². The van der Waals surface area contributed by atoms with Gasteiger partial charge in [-0.05, 0) is 37.0 Å². The number of sulfonamides is 1. The van der Waals surface area contributed by atoms with E-state index in [1.54, 1.807) is 24.1 Å². The van der Waals surface area contributed by atoms with Crippen molar-refractivity contribution in [3.63, 3.8) is 0 Å². The summed E-state index contributed by atoms with van der Waals surface area (Å²) in [7, 11) is -3.80. The van der Waals surface area contributed by atoms with E-state index in [0.29, 0.717) is 5.56 Å². The van der Waals surface area contributed by atoms with Crippen LogP contribution in [0.2, 0.25) is 0 Å². The molecule has 1 heterocycles. The molecule has 5 nitrogen and oxygen atoms in total. The minimum absolute atomic E-state index is 0.0783. The van der Waals surface area contributed by atoms with Gasteiger partial charge < -0.3 is 5.11 Å². The average molecular weight is 349 g/mol. The van der Waals surface area contributed by atoms with Crippen molar-refractivity contribution >= 4 is 39.1 Å². The summed E-state index contributed by atoms with van der Waals surface area (Å²) in [6.45, 7) is 1.63. The van der Waals surface area contributed by atoms with Gasteiger partial charge in [-0.1, -0.05) is 12.8 Å². The number of hydrogen-bond donors (Lipinski definition) is 2. The van der Waals surface area contributed by atoms with E-state index in [1.807, 2.05) is 6.26 Å². The molecule has 21 heavy (non-hydrogen) atoms. The molecule has 8 heteroatoms. The van der Waals surface area contributed by atoms with Gasteiger partial charge >= 0.3 is 5.97 Å². The second-order valence-corrected chi connectivity index (χ2v) is 8.78. The molecular formula is C13H19NO4S3.